The van der Waals surface area contributed by atoms with Crippen LogP contribution in [-0.2, 0) is 110 Å². The van der Waals surface area contributed by atoms with Crippen molar-refractivity contribution in [1.29, 1.82) is 0 Å². The Balaban J connectivity index is 0.000000131. The summed E-state index contributed by atoms with van der Waals surface area (Å²) in [7, 11) is -30.5. The number of fused-ring (bicyclic) bond motifs is 15. The third-order valence-electron chi connectivity index (χ3n) is 22.4. The third kappa shape index (κ3) is 18.0. The molecule has 21 heterocycles. The third-order valence-corrected chi connectivity index (χ3v) is 28.3. The Morgan fingerprint density at radius 2 is 0.684 bits per heavy atom. The number of anilines is 7. The standard InChI is InChI=1S/2C21H25N9O13P2.C20H25N11O13P2/c22-15-7-1-2-29(16(7)25-5-24-15)19-12(32)13-9(41-19)4-39-45(36,37)43-14-11(31)8(3-38-44(34,35)42-13)40-20(14)30-6-26-10-17(30)27-21(23)28-18(10)33;22-17-8-2-1-7(30(8)26-5-24-17)14-13(32)15-10(40-14)4-39-45(36,37)43-16-12(31)9(3-38-44(34,35)42-15)41-20(16)29-6-25-11-18(29)27-21(23)28-19(11)33;21-13-7-14(27-19(22)26-13)30(3-24-7)17-10(33)11-6(42-17)2-40-46(37,38)44-12-9(32)5(1-39-45(35,36)43-11)41-18(12)31-4-25-8-15(31)28-20(23)29-16(8)34/h1-2,5-6,8-9,11-14,19-20,31-32H,3-4H2,(H,34,35)(H,36,37)(H2,22,24,25)(H3,23,27,28,33);1-2,5-6,9-10,12-16,20,31-32H,3-4H2,(H,34,35)(H,36,37)(H2,22,24,26)(H3,23,27,28,33);3-6,9-12,17-18,32-33H,1-2H2,(H,35,36)(H,37,38)(H4,21,22,26,27)(H3,23,28,29,34)/t8-,9?,11-,12-,13-,14-,19-,20-;9-,10?,12-,13+,14+,15-,16-,20-;5-,6?,9-,10-,11-,12-,17-,18-/m111/s1. The highest BCUT2D eigenvalue weighted by Crippen LogP contribution is 2.59. The van der Waals surface area contributed by atoms with Gasteiger partial charge in [-0.15, -0.1) is 0 Å². The first-order chi connectivity index (χ1) is 64.3. The van der Waals surface area contributed by atoms with E-state index in [1.165, 1.54) is 44.9 Å². The van der Waals surface area contributed by atoms with E-state index in [0.717, 1.165) is 32.7 Å². The predicted octanol–water partition coefficient (Wildman–Crippen LogP) is -6.39. The number of imidazole rings is 4. The van der Waals surface area contributed by atoms with Gasteiger partial charge in [0.15, 0.2) is 81.9 Å². The van der Waals surface area contributed by atoms with Crippen molar-refractivity contribution in [2.45, 2.75) is 147 Å². The van der Waals surface area contributed by atoms with Gasteiger partial charge in [0, 0.05) is 6.20 Å². The lowest BCUT2D eigenvalue weighted by molar-refractivity contribution is -0.0672. The first-order valence-corrected chi connectivity index (χ1v) is 48.4. The van der Waals surface area contributed by atoms with E-state index in [2.05, 4.69) is 79.9 Å². The molecule has 9 aliphatic rings. The van der Waals surface area contributed by atoms with Crippen molar-refractivity contribution in [2.75, 3.05) is 79.8 Å². The number of nitrogens with two attached hydrogens (primary N) is 7. The summed E-state index contributed by atoms with van der Waals surface area (Å²) < 4.78 is 184. The Morgan fingerprint density at radius 3 is 1.10 bits per heavy atom. The quantitative estimate of drug-likeness (QED) is 0.0689. The molecular weight excluding hydrogens is 1960 g/mol. The van der Waals surface area contributed by atoms with Crippen LogP contribution in [-0.4, -0.2) is 317 Å². The average molecular weight is 2040 g/mol. The molecule has 9 aliphatic heterocycles. The van der Waals surface area contributed by atoms with Crippen LogP contribution < -0.4 is 56.8 Å². The van der Waals surface area contributed by atoms with Crippen LogP contribution in [0.1, 0.15) is 42.9 Å². The maximum atomic E-state index is 13.2. The number of rotatable bonds is 6. The monoisotopic (exact) mass is 2040 g/mol. The number of hydrogen-bond acceptors (Lipinski definition) is 53. The molecule has 12 aromatic heterocycles. The van der Waals surface area contributed by atoms with Crippen molar-refractivity contribution in [3.05, 3.63) is 99.1 Å². The highest BCUT2D eigenvalue weighted by molar-refractivity contribution is 7.48. The predicted molar refractivity (Wildman–Crippen MR) is 438 cm³/mol. The van der Waals surface area contributed by atoms with Crippen molar-refractivity contribution < 1.29 is 170 Å². The van der Waals surface area contributed by atoms with E-state index in [1.54, 1.807) is 12.1 Å². The Morgan fingerprint density at radius 1 is 0.338 bits per heavy atom. The minimum Gasteiger partial charge on any atom is -0.387 e. The molecule has 74 heteroatoms. The lowest BCUT2D eigenvalue weighted by Gasteiger charge is -2.25. The maximum absolute atomic E-state index is 13.2. The van der Waals surface area contributed by atoms with Gasteiger partial charge in [0.25, 0.3) is 16.7 Å². The molecule has 9 unspecified atom stereocenters. The van der Waals surface area contributed by atoms with Crippen molar-refractivity contribution in [3.8, 4) is 0 Å². The molecule has 0 aromatic carbocycles. The van der Waals surface area contributed by atoms with E-state index in [1.807, 2.05) is 0 Å². The van der Waals surface area contributed by atoms with Gasteiger partial charge >= 0.3 is 46.9 Å². The Labute approximate surface area is 749 Å². The molecule has 12 aromatic rings. The van der Waals surface area contributed by atoms with E-state index in [0.29, 0.717) is 10.9 Å². The number of nitrogen functional groups attached to an aromatic ring is 7. The average Bonchev–Trinajstić information content (AvgIpc) is 1.62. The summed E-state index contributed by atoms with van der Waals surface area (Å²) >= 11 is 0. The fourth-order valence-corrected chi connectivity index (χ4v) is 22.0. The lowest BCUT2D eigenvalue weighted by Crippen LogP contribution is -2.36. The lowest BCUT2D eigenvalue weighted by atomic mass is 10.1. The number of aliphatic hydroxyl groups is 6. The van der Waals surface area contributed by atoms with Gasteiger partial charge in [-0.05, 0) is 18.2 Å². The van der Waals surface area contributed by atoms with Gasteiger partial charge in [0.1, 0.15) is 151 Å². The molecule has 9 saturated heterocycles. The van der Waals surface area contributed by atoms with Crippen LogP contribution in [0.5, 0.6) is 0 Å². The minimum atomic E-state index is -5.14. The normalized spacial score (nSPS) is 37.5. The van der Waals surface area contributed by atoms with Gasteiger partial charge in [0.2, 0.25) is 23.8 Å². The summed E-state index contributed by atoms with van der Waals surface area (Å²) in [6, 6.07) is 4.64. The zero-order valence-electron chi connectivity index (χ0n) is 68.0. The second kappa shape index (κ2) is 35.5. The van der Waals surface area contributed by atoms with E-state index in [9.17, 15) is 102 Å². The minimum absolute atomic E-state index is 0.0300. The molecule has 136 heavy (non-hydrogen) atoms. The maximum Gasteiger partial charge on any atom is 0.472 e. The number of hydrogen-bond donors (Lipinski definition) is 22. The SMILES string of the molecule is Nc1nc(N)c2ncn([C@@H]3OC4COP(=O)(O)O[C@@H]5[C@H](O)[C@@H](COP(=O)(O)O[C@H]4[C@H]3O)O[C@H]5n3cnc4c(=O)[nH]c(N)nc43)c2n1.Nc1nc2c(ncn2[C@@H]2O[C@@H]3COP(=O)(O)O[C@@H]4C(COP(=O)(O)O[C@@H]2[C@@H]3O)O[C@@H](c2ccc3c(N)ncnn23)[C@@H]4O)c(=O)[nH]1.Nc1nc2c(ncn2[C@@H]2O[C@@H]3COP(=O)(O)O[C@@H]4C(COP(=O)(O)O[C@@H]2[C@@H]3O)O[C@@H](n2ccc3c(N)ncnc32)[C@@H]4O)c(=O)[nH]1. The summed E-state index contributed by atoms with van der Waals surface area (Å²) in [5.74, 6) is -0.873. The zero-order valence-corrected chi connectivity index (χ0v) is 73.4. The van der Waals surface area contributed by atoms with Crippen LogP contribution in [0, 0.1) is 0 Å². The molecule has 6 bridgehead atoms. The number of nitrogens with zero attached hydrogens (tertiary/aromatic N) is 19. The summed E-state index contributed by atoms with van der Waals surface area (Å²) in [6.45, 7) is -4.93. The second-order valence-electron chi connectivity index (χ2n) is 30.9. The van der Waals surface area contributed by atoms with Gasteiger partial charge in [-0.1, -0.05) is 0 Å². The van der Waals surface area contributed by atoms with Crippen LogP contribution >= 0.6 is 46.9 Å². The molecule has 30 atom stereocenters. The molecule has 732 valence electrons. The number of aromatic amines is 3. The summed E-state index contributed by atoms with van der Waals surface area (Å²) in [5, 5.41) is 71.0. The fraction of sp³-hybridized carbons (Fsp3) is 0.484. The Kier molecular flexibility index (Phi) is 24.7. The van der Waals surface area contributed by atoms with Crippen LogP contribution in [0.4, 0.5) is 41.2 Å². The second-order valence-corrected chi connectivity index (χ2v) is 39.3. The van der Waals surface area contributed by atoms with Crippen LogP contribution in [0.3, 0.4) is 0 Å². The molecule has 68 nitrogen and oxygen atoms in total. The van der Waals surface area contributed by atoms with Crippen molar-refractivity contribution in [3.63, 3.8) is 0 Å². The van der Waals surface area contributed by atoms with E-state index < -0.39 is 250 Å². The summed E-state index contributed by atoms with van der Waals surface area (Å²) in [6.07, 6.45) is -29.5. The molecule has 0 saturated carbocycles. The van der Waals surface area contributed by atoms with Crippen molar-refractivity contribution in [1.82, 2.24) is 107 Å². The van der Waals surface area contributed by atoms with Gasteiger partial charge < -0.3 is 133 Å². The number of phosphoric ester groups is 6. The van der Waals surface area contributed by atoms with Crippen molar-refractivity contribution >= 4 is 149 Å². The smallest absolute Gasteiger partial charge is 0.387 e. The van der Waals surface area contributed by atoms with Gasteiger partial charge in [0.05, 0.1) is 76.0 Å². The summed E-state index contributed by atoms with van der Waals surface area (Å²) in [4.78, 5) is 155. The molecule has 9 fully saturated rings. The highest BCUT2D eigenvalue weighted by Gasteiger charge is 2.59. The number of phosphoric acid groups is 6. The number of aromatic nitrogens is 22. The summed E-state index contributed by atoms with van der Waals surface area (Å²) in [5.41, 5.74) is 38.3. The molecule has 0 aliphatic carbocycles. The molecule has 21 rings (SSSR count). The molecule has 0 spiro atoms. The van der Waals surface area contributed by atoms with Crippen LogP contribution in [0.15, 0.2) is 76.7 Å². The first kappa shape index (κ1) is 94.6. The highest BCUT2D eigenvalue weighted by atomic mass is 31.2. The first-order valence-electron chi connectivity index (χ1n) is 39.4. The fourth-order valence-electron chi connectivity index (χ4n) is 16.3. The van der Waals surface area contributed by atoms with Gasteiger partial charge in [-0.3, -0.25) is 102 Å². The Bertz CT molecular complexity index is 6900. The molecule has 0 radical (unpaired) electrons. The Hall–Kier alpha value is -10.4. The topological polar surface area (TPSA) is 989 Å². The van der Waals surface area contributed by atoms with E-state index in [-0.39, 0.29) is 97.2 Å². The zero-order chi connectivity index (χ0) is 96.4. The number of nitrogens with one attached hydrogen (secondary N) is 3. The largest absolute Gasteiger partial charge is 0.472 e. The molecular formula is C62H75N29O39P6. The molecule has 0 amide bonds. The molecule has 29 N–H and O–H groups in total. The number of H-pyrrole nitrogens is 3. The number of aliphatic hydroxyl groups excluding tert-OH is 6. The van der Waals surface area contributed by atoms with Crippen LogP contribution in [0.2, 0.25) is 0 Å². The van der Waals surface area contributed by atoms with E-state index >= 15 is 0 Å². The van der Waals surface area contributed by atoms with E-state index in [4.69, 9.17) is 123 Å². The van der Waals surface area contributed by atoms with Crippen LogP contribution in [0.25, 0.3) is 61.2 Å². The number of ether oxygens (including phenoxy) is 6. The van der Waals surface area contributed by atoms with Gasteiger partial charge in [-0.25, -0.2) is 66.8 Å². The van der Waals surface area contributed by atoms with Crippen molar-refractivity contribution in [2.24, 2.45) is 0 Å². The van der Waals surface area contributed by atoms with Gasteiger partial charge in [-0.2, -0.15) is 30.0 Å².